The van der Waals surface area contributed by atoms with E-state index < -0.39 is 29.9 Å². The Balaban J connectivity index is 4.98. The van der Waals surface area contributed by atoms with E-state index in [2.05, 4.69) is 39.5 Å². The first-order valence-electron chi connectivity index (χ1n) is 24.3. The van der Waals surface area contributed by atoms with Gasteiger partial charge in [-0.05, 0) is 83.2 Å². The largest absolute Gasteiger partial charge is 0.508 e. The highest BCUT2D eigenvalue weighted by Crippen LogP contribution is 2.31. The van der Waals surface area contributed by atoms with Crippen molar-refractivity contribution in [3.05, 3.63) is 0 Å². The molecule has 2 N–H and O–H groups in total. The fourth-order valence-electron chi connectivity index (χ4n) is 8.00. The van der Waals surface area contributed by atoms with Crippen molar-refractivity contribution in [1.29, 1.82) is 0 Å². The highest BCUT2D eigenvalue weighted by atomic mass is 16.7. The predicted octanol–water partition coefficient (Wildman–Crippen LogP) is 13.2. The molecule has 0 rings (SSSR count). The summed E-state index contributed by atoms with van der Waals surface area (Å²) in [4.78, 5) is 52.0. The van der Waals surface area contributed by atoms with Gasteiger partial charge in [-0.3, -0.25) is 14.4 Å². The van der Waals surface area contributed by atoms with Crippen LogP contribution in [0.4, 0.5) is 4.79 Å². The van der Waals surface area contributed by atoms with Gasteiger partial charge in [0.05, 0.1) is 25.0 Å². The van der Waals surface area contributed by atoms with Crippen molar-refractivity contribution >= 4 is 24.1 Å². The number of hydrogen-bond donors (Lipinski definition) is 2. The molecule has 0 aromatic rings. The maximum Gasteiger partial charge on any atom is 0.508 e. The summed E-state index contributed by atoms with van der Waals surface area (Å²) < 4.78 is 16.8. The SMILES string of the molecule is CCCCCCCCCCCCC(CCCOC(=O)CCCCC(CC(CCCCCC)C(=O)O)CC(CCCCCC)C(=O)O)OC(=O)OCCCN(CC)CC. The minimum absolute atomic E-state index is 0.0166. The molecule has 0 fully saturated rings. The van der Waals surface area contributed by atoms with Crippen LogP contribution in [0, 0.1) is 17.8 Å². The summed E-state index contributed by atoms with van der Waals surface area (Å²) in [7, 11) is 0. The number of carboxylic acids is 2. The van der Waals surface area contributed by atoms with Gasteiger partial charge < -0.3 is 29.3 Å². The van der Waals surface area contributed by atoms with E-state index in [0.717, 1.165) is 103 Å². The van der Waals surface area contributed by atoms with Gasteiger partial charge in [0.2, 0.25) is 0 Å². The molecule has 10 heteroatoms. The lowest BCUT2D eigenvalue weighted by Crippen LogP contribution is -2.26. The van der Waals surface area contributed by atoms with Gasteiger partial charge in [-0.15, -0.1) is 0 Å². The first-order valence-corrected chi connectivity index (χ1v) is 24.3. The molecule has 3 unspecified atom stereocenters. The molecular weight excluding hydrogens is 735 g/mol. The van der Waals surface area contributed by atoms with Crippen LogP contribution in [0.25, 0.3) is 0 Å². The van der Waals surface area contributed by atoms with Crippen molar-refractivity contribution < 1.29 is 43.6 Å². The zero-order valence-electron chi connectivity index (χ0n) is 38.3. The highest BCUT2D eigenvalue weighted by molar-refractivity contribution is 5.71. The van der Waals surface area contributed by atoms with Crippen molar-refractivity contribution in [2.24, 2.45) is 17.8 Å². The maximum atomic E-state index is 12.7. The third-order valence-corrected chi connectivity index (χ3v) is 11.8. The summed E-state index contributed by atoms with van der Waals surface area (Å²) in [5.41, 5.74) is 0. The molecule has 342 valence electrons. The van der Waals surface area contributed by atoms with Crippen molar-refractivity contribution in [1.82, 2.24) is 4.90 Å². The van der Waals surface area contributed by atoms with Crippen LogP contribution in [0.1, 0.15) is 227 Å². The number of rotatable bonds is 43. The van der Waals surface area contributed by atoms with Gasteiger partial charge in [0, 0.05) is 13.0 Å². The number of carbonyl (C=O) groups is 4. The third-order valence-electron chi connectivity index (χ3n) is 11.8. The number of ether oxygens (including phenoxy) is 3. The van der Waals surface area contributed by atoms with Crippen molar-refractivity contribution in [3.8, 4) is 0 Å². The monoisotopic (exact) mass is 826 g/mol. The lowest BCUT2D eigenvalue weighted by atomic mass is 9.80. The topological polar surface area (TPSA) is 140 Å². The smallest absolute Gasteiger partial charge is 0.481 e. The van der Waals surface area contributed by atoms with Crippen molar-refractivity contribution in [3.63, 3.8) is 0 Å². The van der Waals surface area contributed by atoms with Gasteiger partial charge in [0.15, 0.2) is 0 Å². The average molecular weight is 826 g/mol. The molecule has 10 nitrogen and oxygen atoms in total. The third kappa shape index (κ3) is 33.5. The summed E-state index contributed by atoms with van der Waals surface area (Å²) in [5.74, 6) is -2.82. The first-order chi connectivity index (χ1) is 28.1. The summed E-state index contributed by atoms with van der Waals surface area (Å²) in [6.45, 7) is 14.2. The van der Waals surface area contributed by atoms with E-state index in [-0.39, 0.29) is 31.0 Å². The summed E-state index contributed by atoms with van der Waals surface area (Å²) in [6.07, 6.45) is 26.8. The van der Waals surface area contributed by atoms with Gasteiger partial charge in [-0.2, -0.15) is 0 Å². The molecule has 0 aromatic carbocycles. The van der Waals surface area contributed by atoms with Gasteiger partial charge in [-0.1, -0.05) is 157 Å². The average Bonchev–Trinajstić information content (AvgIpc) is 3.20. The molecule has 0 aliphatic heterocycles. The van der Waals surface area contributed by atoms with Gasteiger partial charge in [-0.25, -0.2) is 4.79 Å². The fourth-order valence-corrected chi connectivity index (χ4v) is 8.00. The Morgan fingerprint density at radius 3 is 1.41 bits per heavy atom. The lowest BCUT2D eigenvalue weighted by Gasteiger charge is -2.24. The molecule has 58 heavy (non-hydrogen) atoms. The number of carbonyl (C=O) groups excluding carboxylic acids is 2. The lowest BCUT2D eigenvalue weighted by molar-refractivity contribution is -0.144. The molecule has 0 aliphatic carbocycles. The Bertz CT molecular complexity index is 956. The summed E-state index contributed by atoms with van der Waals surface area (Å²) in [5, 5.41) is 20.0. The van der Waals surface area contributed by atoms with Crippen LogP contribution in [0.2, 0.25) is 0 Å². The van der Waals surface area contributed by atoms with Crippen LogP contribution in [-0.2, 0) is 28.6 Å². The van der Waals surface area contributed by atoms with E-state index in [9.17, 15) is 29.4 Å². The molecule has 0 aromatic heterocycles. The van der Waals surface area contributed by atoms with Crippen LogP contribution in [0.15, 0.2) is 0 Å². The molecular formula is C48H91NO9. The fraction of sp³-hybridized carbons (Fsp3) is 0.917. The minimum atomic E-state index is -0.793. The van der Waals surface area contributed by atoms with Crippen molar-refractivity contribution in [2.75, 3.05) is 32.8 Å². The first kappa shape index (κ1) is 55.6. The second kappa shape index (κ2) is 40.1. The highest BCUT2D eigenvalue weighted by Gasteiger charge is 2.27. The van der Waals surface area contributed by atoms with E-state index in [4.69, 9.17) is 14.2 Å². The van der Waals surface area contributed by atoms with Crippen molar-refractivity contribution in [2.45, 2.75) is 233 Å². The second-order valence-electron chi connectivity index (χ2n) is 16.9. The van der Waals surface area contributed by atoms with E-state index in [1.807, 2.05) is 0 Å². The quantitative estimate of drug-likeness (QED) is 0.0451. The number of esters is 1. The van der Waals surface area contributed by atoms with Crippen LogP contribution < -0.4 is 0 Å². The van der Waals surface area contributed by atoms with Gasteiger partial charge >= 0.3 is 24.1 Å². The van der Waals surface area contributed by atoms with E-state index in [1.54, 1.807) is 0 Å². The Labute approximate surface area is 355 Å². The normalized spacial score (nSPS) is 13.6. The van der Waals surface area contributed by atoms with Gasteiger partial charge in [0.25, 0.3) is 0 Å². The number of carboxylic acid groups (broad SMARTS) is 2. The summed E-state index contributed by atoms with van der Waals surface area (Å²) in [6, 6.07) is 0. The second-order valence-corrected chi connectivity index (χ2v) is 16.9. The molecule has 0 amide bonds. The zero-order chi connectivity index (χ0) is 43.1. The van der Waals surface area contributed by atoms with Gasteiger partial charge in [0.1, 0.15) is 6.10 Å². The molecule has 0 heterocycles. The maximum absolute atomic E-state index is 12.7. The van der Waals surface area contributed by atoms with E-state index in [1.165, 1.54) is 51.4 Å². The molecule has 0 bridgehead atoms. The predicted molar refractivity (Wildman–Crippen MR) is 236 cm³/mol. The van der Waals surface area contributed by atoms with Crippen LogP contribution >= 0.6 is 0 Å². The van der Waals surface area contributed by atoms with E-state index in [0.29, 0.717) is 58.0 Å². The molecule has 0 radical (unpaired) electrons. The number of aliphatic carboxylic acids is 2. The number of unbranched alkanes of at least 4 members (excludes halogenated alkanes) is 16. The Hall–Kier alpha value is -2.36. The van der Waals surface area contributed by atoms with E-state index >= 15 is 0 Å². The number of nitrogens with zero attached hydrogens (tertiary/aromatic N) is 1. The molecule has 0 saturated carbocycles. The zero-order valence-corrected chi connectivity index (χ0v) is 38.3. The Morgan fingerprint density at radius 2 is 0.914 bits per heavy atom. The Morgan fingerprint density at radius 1 is 0.483 bits per heavy atom. The molecule has 3 atom stereocenters. The van der Waals surface area contributed by atoms with Crippen LogP contribution in [0.3, 0.4) is 0 Å². The number of hydrogen-bond acceptors (Lipinski definition) is 8. The summed E-state index contributed by atoms with van der Waals surface area (Å²) >= 11 is 0. The molecule has 0 saturated heterocycles. The molecule has 0 spiro atoms. The minimum Gasteiger partial charge on any atom is -0.481 e. The van der Waals surface area contributed by atoms with Crippen LogP contribution in [-0.4, -0.2) is 78.1 Å². The van der Waals surface area contributed by atoms with Crippen LogP contribution in [0.5, 0.6) is 0 Å². The Kier molecular flexibility index (Phi) is 38.4. The standard InChI is InChI=1S/C48H91NO9/c1-6-11-14-17-18-19-20-21-22-25-33-44(58-48(55)57-38-29-36-49(9-4)10-5)34-28-37-56-45(50)35-27-26-30-41(39-42(46(51)52)31-23-15-12-7-2)40-43(47(53)54)32-24-16-13-8-3/h41-44H,6-40H2,1-5H3,(H,51,52)(H,53,54). The molecule has 0 aliphatic rings.